The van der Waals surface area contributed by atoms with Gasteiger partial charge >= 0.3 is 5.97 Å². The third-order valence-corrected chi connectivity index (χ3v) is 7.65. The van der Waals surface area contributed by atoms with Crippen molar-refractivity contribution in [3.63, 3.8) is 0 Å². The van der Waals surface area contributed by atoms with Gasteiger partial charge in [0.05, 0.1) is 7.11 Å². The Kier molecular flexibility index (Phi) is 10.8. The Labute approximate surface area is 218 Å². The third-order valence-electron chi connectivity index (χ3n) is 6.39. The first-order valence-electron chi connectivity index (χ1n) is 12.1. The molecule has 0 radical (unpaired) electrons. The summed E-state index contributed by atoms with van der Waals surface area (Å²) in [7, 11) is 1.35. The number of methoxy groups -OCH3 is 1. The molecule has 0 bridgehead atoms. The largest absolute Gasteiger partial charge is 0.467 e. The van der Waals surface area contributed by atoms with Gasteiger partial charge in [-0.1, -0.05) is 29.8 Å². The lowest BCUT2D eigenvalue weighted by molar-refractivity contribution is -0.142. The first-order valence-corrected chi connectivity index (χ1v) is 14.0. The Balaban J connectivity index is 1.78. The summed E-state index contributed by atoms with van der Waals surface area (Å²) in [6.45, 7) is 3.83. The second kappa shape index (κ2) is 13.8. The molecule has 3 atom stereocenters. The zero-order chi connectivity index (χ0) is 25.2. The lowest BCUT2D eigenvalue weighted by atomic mass is 9.97. The van der Waals surface area contributed by atoms with Crippen molar-refractivity contribution in [3.8, 4) is 0 Å². The Hall–Kier alpha value is -2.16. The number of anilines is 1. The van der Waals surface area contributed by atoms with E-state index in [1.165, 1.54) is 18.2 Å². The summed E-state index contributed by atoms with van der Waals surface area (Å²) < 4.78 is 4.91. The fraction of sp³-hybridized carbons (Fsp3) is 0.481. The number of carbonyl (C=O) groups is 2. The van der Waals surface area contributed by atoms with E-state index in [9.17, 15) is 9.59 Å². The lowest BCUT2D eigenvalue weighted by Crippen LogP contribution is -2.42. The first kappa shape index (κ1) is 27.4. The number of aryl methyl sites for hydroxylation is 3. The molecular weight excluding hydrogens is 478 g/mol. The number of hydrogen-bond acceptors (Lipinski definition) is 7. The molecule has 1 amide bonds. The fourth-order valence-electron chi connectivity index (χ4n) is 4.22. The highest BCUT2D eigenvalue weighted by atomic mass is 32.2. The van der Waals surface area contributed by atoms with Crippen molar-refractivity contribution < 1.29 is 14.3 Å². The Bertz CT molecular complexity index is 984. The van der Waals surface area contributed by atoms with Crippen LogP contribution in [0.4, 0.5) is 5.69 Å². The fourth-order valence-corrected chi connectivity index (χ4v) is 5.03. The number of nitrogens with one attached hydrogen (secondary N) is 3. The van der Waals surface area contributed by atoms with Crippen LogP contribution in [-0.2, 0) is 22.4 Å². The minimum atomic E-state index is -0.663. The molecule has 2 aromatic rings. The van der Waals surface area contributed by atoms with Crippen LogP contribution >= 0.6 is 24.4 Å². The van der Waals surface area contributed by atoms with Crippen LogP contribution in [0.1, 0.15) is 39.9 Å². The number of benzene rings is 2. The van der Waals surface area contributed by atoms with Crippen LogP contribution in [0.3, 0.4) is 0 Å². The minimum absolute atomic E-state index is 0.250. The highest BCUT2D eigenvalue weighted by Gasteiger charge is 2.24. The topological polar surface area (TPSA) is 79.5 Å². The van der Waals surface area contributed by atoms with E-state index in [1.807, 2.05) is 18.4 Å². The molecule has 0 aliphatic carbocycles. The predicted octanol–water partition coefficient (Wildman–Crippen LogP) is 3.88. The monoisotopic (exact) mass is 515 g/mol. The maximum absolute atomic E-state index is 13.3. The molecule has 0 unspecified atom stereocenters. The van der Waals surface area contributed by atoms with Crippen molar-refractivity contribution >= 4 is 42.0 Å². The van der Waals surface area contributed by atoms with Gasteiger partial charge in [-0.3, -0.25) is 4.79 Å². The van der Waals surface area contributed by atoms with Gasteiger partial charge in [0.2, 0.25) is 0 Å². The number of carbonyl (C=O) groups excluding carboxylic acids is 2. The maximum Gasteiger partial charge on any atom is 0.328 e. The van der Waals surface area contributed by atoms with Gasteiger partial charge in [-0.25, -0.2) is 4.79 Å². The van der Waals surface area contributed by atoms with Crippen molar-refractivity contribution in [2.75, 3.05) is 37.5 Å². The van der Waals surface area contributed by atoms with Crippen LogP contribution in [0.25, 0.3) is 0 Å². The summed E-state index contributed by atoms with van der Waals surface area (Å²) in [5.74, 6) is 0.0851. The van der Waals surface area contributed by atoms with Crippen molar-refractivity contribution in [2.45, 2.75) is 49.9 Å². The molecule has 1 aliphatic rings. The van der Waals surface area contributed by atoms with Gasteiger partial charge in [-0.15, -0.1) is 0 Å². The summed E-state index contributed by atoms with van der Waals surface area (Å²) in [6.07, 6.45) is 5.10. The Morgan fingerprint density at radius 3 is 2.63 bits per heavy atom. The average Bonchev–Trinajstić information content (AvgIpc) is 3.28. The minimum Gasteiger partial charge on any atom is -0.467 e. The summed E-state index contributed by atoms with van der Waals surface area (Å²) in [5, 5.41) is 10.2. The summed E-state index contributed by atoms with van der Waals surface area (Å²) >= 11 is 6.29. The van der Waals surface area contributed by atoms with Gasteiger partial charge < -0.3 is 20.7 Å². The average molecular weight is 516 g/mol. The molecule has 0 spiro atoms. The normalized spacial score (nSPS) is 18.2. The number of amides is 1. The molecule has 0 aromatic heterocycles. The highest BCUT2D eigenvalue weighted by Crippen LogP contribution is 2.21. The van der Waals surface area contributed by atoms with Gasteiger partial charge in [0.1, 0.15) is 6.04 Å². The Morgan fingerprint density at radius 2 is 1.97 bits per heavy atom. The Morgan fingerprint density at radius 1 is 1.20 bits per heavy atom. The molecule has 1 saturated heterocycles. The number of ether oxygens (including phenoxy) is 1. The molecular formula is C27H37N3O3S2. The van der Waals surface area contributed by atoms with Crippen LogP contribution < -0.4 is 16.0 Å². The third kappa shape index (κ3) is 8.19. The van der Waals surface area contributed by atoms with Crippen molar-refractivity contribution in [2.24, 2.45) is 0 Å². The number of thioether (sulfide) groups is 1. The van der Waals surface area contributed by atoms with Crippen molar-refractivity contribution in [3.05, 3.63) is 64.7 Å². The molecule has 3 N–H and O–H groups in total. The standard InChI is InChI=1S/C27H37N3O3S2/c1-18-4-6-19(7-5-18)8-9-20-16-21(29-17-24-25(34)12-14-28-24)10-11-22(20)26(31)30-23(13-15-35-3)27(32)33-2/h4-7,10-11,16,23-25,28-29,34H,8-9,12-15,17H2,1-3H3,(H,30,31)/t23-,24+,25+/m0/s1. The summed E-state index contributed by atoms with van der Waals surface area (Å²) in [5.41, 5.74) is 4.96. The lowest BCUT2D eigenvalue weighted by Gasteiger charge is -2.19. The highest BCUT2D eigenvalue weighted by molar-refractivity contribution is 7.98. The van der Waals surface area contributed by atoms with E-state index in [-0.39, 0.29) is 5.91 Å². The number of hydrogen-bond donors (Lipinski definition) is 4. The first-order chi connectivity index (χ1) is 16.9. The van der Waals surface area contributed by atoms with Gasteiger partial charge in [-0.05, 0) is 80.5 Å². The molecule has 2 aromatic carbocycles. The molecule has 8 heteroatoms. The van der Waals surface area contributed by atoms with Crippen LogP contribution in [-0.4, -0.2) is 61.4 Å². The van der Waals surface area contributed by atoms with Crippen molar-refractivity contribution in [1.82, 2.24) is 10.6 Å². The smallest absolute Gasteiger partial charge is 0.328 e. The molecule has 1 fully saturated rings. The summed E-state index contributed by atoms with van der Waals surface area (Å²) in [6, 6.07) is 14.0. The van der Waals surface area contributed by atoms with Crippen LogP contribution in [0.5, 0.6) is 0 Å². The number of thiol groups is 1. The van der Waals surface area contributed by atoms with Crippen molar-refractivity contribution in [1.29, 1.82) is 0 Å². The SMILES string of the molecule is COC(=O)[C@H](CCSC)NC(=O)c1ccc(NC[C@H]2NCC[C@H]2S)cc1CCc1ccc(C)cc1. The van der Waals surface area contributed by atoms with Gasteiger partial charge in [-0.2, -0.15) is 24.4 Å². The van der Waals surface area contributed by atoms with Gasteiger partial charge in [0.15, 0.2) is 0 Å². The molecule has 190 valence electrons. The number of esters is 1. The zero-order valence-corrected chi connectivity index (χ0v) is 22.5. The second-order valence-corrected chi connectivity index (χ2v) is 10.6. The maximum atomic E-state index is 13.3. The van der Waals surface area contributed by atoms with E-state index in [4.69, 9.17) is 4.74 Å². The zero-order valence-electron chi connectivity index (χ0n) is 20.8. The molecule has 1 aliphatic heterocycles. The quantitative estimate of drug-likeness (QED) is 0.254. The van der Waals surface area contributed by atoms with E-state index >= 15 is 0 Å². The number of rotatable bonds is 12. The van der Waals surface area contributed by atoms with E-state index in [2.05, 4.69) is 65.8 Å². The molecule has 3 rings (SSSR count). The summed E-state index contributed by atoms with van der Waals surface area (Å²) in [4.78, 5) is 25.5. The van der Waals surface area contributed by atoms with E-state index in [0.717, 1.165) is 42.9 Å². The van der Waals surface area contributed by atoms with Crippen LogP contribution in [0, 0.1) is 6.92 Å². The van der Waals surface area contributed by atoms with Gasteiger partial charge in [0.25, 0.3) is 5.91 Å². The second-order valence-electron chi connectivity index (χ2n) is 8.99. The van der Waals surface area contributed by atoms with E-state index in [0.29, 0.717) is 29.7 Å². The van der Waals surface area contributed by atoms with Crippen LogP contribution in [0.15, 0.2) is 42.5 Å². The molecule has 0 saturated carbocycles. The van der Waals surface area contributed by atoms with E-state index in [1.54, 1.807) is 11.8 Å². The molecule has 6 nitrogen and oxygen atoms in total. The molecule has 35 heavy (non-hydrogen) atoms. The van der Waals surface area contributed by atoms with Crippen LogP contribution in [0.2, 0.25) is 0 Å². The predicted molar refractivity (Wildman–Crippen MR) is 149 cm³/mol. The van der Waals surface area contributed by atoms with E-state index < -0.39 is 12.0 Å². The van der Waals surface area contributed by atoms with Gasteiger partial charge in [0, 0.05) is 29.1 Å². The molecule has 1 heterocycles.